The molecule has 0 aromatic carbocycles. The van der Waals surface area contributed by atoms with Gasteiger partial charge in [0.1, 0.15) is 0 Å². The number of allylic oxidation sites excluding steroid dienone is 1. The molecule has 1 aliphatic carbocycles. The number of carbonyl (C=O) groups is 1. The zero-order valence-corrected chi connectivity index (χ0v) is 20.8. The van der Waals surface area contributed by atoms with Crippen molar-refractivity contribution in [1.29, 1.82) is 0 Å². The molecule has 1 amide bonds. The van der Waals surface area contributed by atoms with Gasteiger partial charge >= 0.3 is 0 Å². The molecule has 33 heavy (non-hydrogen) atoms. The molecule has 0 saturated heterocycles. The first kappa shape index (κ1) is 26.2. The van der Waals surface area contributed by atoms with Gasteiger partial charge in [0.05, 0.1) is 26.4 Å². The van der Waals surface area contributed by atoms with Crippen molar-refractivity contribution in [2.45, 2.75) is 63.7 Å². The van der Waals surface area contributed by atoms with E-state index >= 15 is 0 Å². The molecule has 0 spiro atoms. The monoisotopic (exact) mass is 481 g/mol. The molecular weight excluding hydrogens is 442 g/mol. The van der Waals surface area contributed by atoms with Gasteiger partial charge in [0.2, 0.25) is 6.29 Å². The van der Waals surface area contributed by atoms with Gasteiger partial charge in [-0.1, -0.05) is 19.3 Å². The van der Waals surface area contributed by atoms with Crippen LogP contribution in [-0.4, -0.2) is 74.9 Å². The third-order valence-corrected chi connectivity index (χ3v) is 7.20. The molecule has 1 aromatic heterocycles. The van der Waals surface area contributed by atoms with Gasteiger partial charge in [0.25, 0.3) is 5.91 Å². The third-order valence-electron chi connectivity index (χ3n) is 6.50. The van der Waals surface area contributed by atoms with Gasteiger partial charge < -0.3 is 29.0 Å². The van der Waals surface area contributed by atoms with Gasteiger partial charge in [-0.25, -0.2) is 0 Å². The van der Waals surface area contributed by atoms with Crippen molar-refractivity contribution in [3.63, 3.8) is 0 Å². The summed E-state index contributed by atoms with van der Waals surface area (Å²) in [5.74, 6) is 0.402. The van der Waals surface area contributed by atoms with Gasteiger partial charge in [-0.05, 0) is 54.7 Å². The maximum atomic E-state index is 13.4. The van der Waals surface area contributed by atoms with Crippen LogP contribution < -0.4 is 0 Å². The largest absolute Gasteiger partial charge is 0.459 e. The second kappa shape index (κ2) is 14.1. The van der Waals surface area contributed by atoms with Gasteiger partial charge in [-0.3, -0.25) is 4.79 Å². The molecule has 3 rings (SSSR count). The quantitative estimate of drug-likeness (QED) is 0.430. The van der Waals surface area contributed by atoms with E-state index in [1.807, 2.05) is 24.9 Å². The minimum atomic E-state index is -0.502. The lowest BCUT2D eigenvalue weighted by molar-refractivity contribution is -0.172. The van der Waals surface area contributed by atoms with Crippen molar-refractivity contribution in [3.8, 4) is 0 Å². The number of carbonyl (C=O) groups excluding carboxylic acids is 1. The average molecular weight is 482 g/mol. The SMILES string of the molecule is CCO[C@H]1OC(C(=O)N(C)C2CCCCC2)=C[C@@H](c2ccsc2)[C@H]1CCOCCOCCO. The van der Waals surface area contributed by atoms with E-state index in [9.17, 15) is 4.79 Å². The maximum Gasteiger partial charge on any atom is 0.288 e. The molecule has 1 aliphatic heterocycles. The van der Waals surface area contributed by atoms with Gasteiger partial charge in [0.15, 0.2) is 5.76 Å². The molecule has 8 heteroatoms. The molecular formula is C25H39NO6S. The molecule has 0 radical (unpaired) electrons. The first-order chi connectivity index (χ1) is 16.2. The Hall–Kier alpha value is -1.45. The summed E-state index contributed by atoms with van der Waals surface area (Å²) in [6.45, 7) is 4.26. The molecule has 0 unspecified atom stereocenters. The molecule has 186 valence electrons. The Balaban J connectivity index is 1.71. The smallest absolute Gasteiger partial charge is 0.288 e. The highest BCUT2D eigenvalue weighted by Crippen LogP contribution is 2.40. The van der Waals surface area contributed by atoms with Gasteiger partial charge in [-0.15, -0.1) is 0 Å². The predicted octanol–water partition coefficient (Wildman–Crippen LogP) is 3.93. The number of hydrogen-bond acceptors (Lipinski definition) is 7. The van der Waals surface area contributed by atoms with Gasteiger partial charge in [-0.2, -0.15) is 11.3 Å². The molecule has 7 nitrogen and oxygen atoms in total. The van der Waals surface area contributed by atoms with Crippen LogP contribution in [0.15, 0.2) is 28.7 Å². The lowest BCUT2D eigenvalue weighted by Gasteiger charge is -2.38. The van der Waals surface area contributed by atoms with Crippen molar-refractivity contribution in [1.82, 2.24) is 4.90 Å². The van der Waals surface area contributed by atoms with E-state index in [0.717, 1.165) is 19.3 Å². The number of amides is 1. The van der Waals surface area contributed by atoms with Crippen LogP contribution in [0.3, 0.4) is 0 Å². The summed E-state index contributed by atoms with van der Waals surface area (Å²) >= 11 is 1.65. The van der Waals surface area contributed by atoms with Crippen LogP contribution in [0.1, 0.15) is 56.9 Å². The molecule has 2 aliphatic rings. The fraction of sp³-hybridized carbons (Fsp3) is 0.720. The zero-order chi connectivity index (χ0) is 23.5. The Morgan fingerprint density at radius 1 is 1.18 bits per heavy atom. The topological polar surface area (TPSA) is 77.5 Å². The van der Waals surface area contributed by atoms with Gasteiger partial charge in [0, 0.05) is 38.1 Å². The Labute approximate surface area is 201 Å². The van der Waals surface area contributed by atoms with Crippen molar-refractivity contribution in [2.75, 3.05) is 46.7 Å². The second-order valence-electron chi connectivity index (χ2n) is 8.66. The average Bonchev–Trinajstić information content (AvgIpc) is 3.38. The highest BCUT2D eigenvalue weighted by atomic mass is 32.1. The molecule has 1 fully saturated rings. The Kier molecular flexibility index (Phi) is 11.1. The Bertz CT molecular complexity index is 718. The first-order valence-electron chi connectivity index (χ1n) is 12.2. The number of thiophene rings is 1. The summed E-state index contributed by atoms with van der Waals surface area (Å²) in [6, 6.07) is 2.39. The van der Waals surface area contributed by atoms with Crippen molar-refractivity contribution in [3.05, 3.63) is 34.2 Å². The number of aliphatic hydroxyl groups excluding tert-OH is 1. The number of hydrogen-bond donors (Lipinski definition) is 1. The highest BCUT2D eigenvalue weighted by Gasteiger charge is 2.39. The van der Waals surface area contributed by atoms with Crippen molar-refractivity contribution in [2.24, 2.45) is 5.92 Å². The fourth-order valence-corrected chi connectivity index (χ4v) is 5.40. The number of rotatable bonds is 13. The lowest BCUT2D eigenvalue weighted by atomic mass is 9.82. The van der Waals surface area contributed by atoms with Crippen molar-refractivity contribution >= 4 is 17.2 Å². The van der Waals surface area contributed by atoms with E-state index in [0.29, 0.717) is 38.8 Å². The van der Waals surface area contributed by atoms with Crippen LogP contribution in [0.25, 0.3) is 0 Å². The molecule has 3 atom stereocenters. The Morgan fingerprint density at radius 3 is 2.61 bits per heavy atom. The van der Waals surface area contributed by atoms with Crippen LogP contribution in [0.4, 0.5) is 0 Å². The normalized spacial score (nSPS) is 23.7. The summed E-state index contributed by atoms with van der Waals surface area (Å²) in [4.78, 5) is 15.2. The van der Waals surface area contributed by atoms with E-state index in [2.05, 4.69) is 16.8 Å². The Morgan fingerprint density at radius 2 is 1.94 bits per heavy atom. The zero-order valence-electron chi connectivity index (χ0n) is 19.9. The standard InChI is InChI=1S/C25H39NO6S/c1-3-31-25-21(9-12-29-14-15-30-13-11-27)22(19-10-16-33-18-19)17-23(32-25)24(28)26(2)20-7-5-4-6-8-20/h10,16-18,20-22,25,27H,3-9,11-15H2,1-2H3/t21-,22+,25+/m1/s1. The minimum Gasteiger partial charge on any atom is -0.459 e. The maximum absolute atomic E-state index is 13.4. The van der Waals surface area contributed by atoms with E-state index in [4.69, 9.17) is 24.1 Å². The van der Waals surface area contributed by atoms with E-state index < -0.39 is 6.29 Å². The van der Waals surface area contributed by atoms with Crippen LogP contribution in [0.5, 0.6) is 0 Å². The van der Waals surface area contributed by atoms with Crippen LogP contribution in [-0.2, 0) is 23.7 Å². The molecule has 2 heterocycles. The summed E-state index contributed by atoms with van der Waals surface area (Å²) in [6.07, 6.45) is 7.94. The summed E-state index contributed by atoms with van der Waals surface area (Å²) < 4.78 is 23.2. The minimum absolute atomic E-state index is 0.0150. The third kappa shape index (κ3) is 7.52. The summed E-state index contributed by atoms with van der Waals surface area (Å²) in [5, 5.41) is 13.0. The predicted molar refractivity (Wildman–Crippen MR) is 128 cm³/mol. The van der Waals surface area contributed by atoms with E-state index in [1.165, 1.54) is 24.8 Å². The van der Waals surface area contributed by atoms with Crippen molar-refractivity contribution < 1.29 is 28.8 Å². The molecule has 0 bridgehead atoms. The fourth-order valence-electron chi connectivity index (χ4n) is 4.69. The van der Waals surface area contributed by atoms with E-state index in [1.54, 1.807) is 11.3 Å². The summed E-state index contributed by atoms with van der Waals surface area (Å²) in [7, 11) is 1.90. The van der Waals surface area contributed by atoms with Crippen LogP contribution in [0.2, 0.25) is 0 Å². The second-order valence-corrected chi connectivity index (χ2v) is 9.44. The van der Waals surface area contributed by atoms with Crippen LogP contribution in [0, 0.1) is 5.92 Å². The number of ether oxygens (including phenoxy) is 4. The number of aliphatic hydroxyl groups is 1. The highest BCUT2D eigenvalue weighted by molar-refractivity contribution is 7.08. The molecule has 1 saturated carbocycles. The summed E-state index contributed by atoms with van der Waals surface area (Å²) in [5.41, 5.74) is 1.18. The molecule has 1 aromatic rings. The number of nitrogens with zero attached hydrogens (tertiary/aromatic N) is 1. The van der Waals surface area contributed by atoms with E-state index in [-0.39, 0.29) is 30.4 Å². The molecule has 1 N–H and O–H groups in total. The van der Waals surface area contributed by atoms with Crippen LogP contribution >= 0.6 is 11.3 Å². The number of likely N-dealkylation sites (N-methyl/N-ethyl adjacent to an activating group) is 1. The lowest BCUT2D eigenvalue weighted by Crippen LogP contribution is -2.43. The first-order valence-corrected chi connectivity index (χ1v) is 13.2.